The van der Waals surface area contributed by atoms with Gasteiger partial charge < -0.3 is 10.0 Å². The average molecular weight is 354 g/mol. The summed E-state index contributed by atoms with van der Waals surface area (Å²) in [6.07, 6.45) is 9.55. The third-order valence-electron chi connectivity index (χ3n) is 5.26. The van der Waals surface area contributed by atoms with E-state index in [4.69, 9.17) is 0 Å². The van der Waals surface area contributed by atoms with Crippen LogP contribution in [0.3, 0.4) is 0 Å². The lowest BCUT2D eigenvalue weighted by atomic mass is 10.00. The Labute approximate surface area is 148 Å². The Morgan fingerprint density at radius 3 is 2.65 bits per heavy atom. The molecule has 3 aromatic rings. The highest BCUT2D eigenvalue weighted by Gasteiger charge is 2.41. The van der Waals surface area contributed by atoms with E-state index >= 15 is 0 Å². The van der Waals surface area contributed by atoms with Crippen molar-refractivity contribution >= 4 is 5.82 Å². The molecule has 0 radical (unpaired) electrons. The van der Waals surface area contributed by atoms with Crippen LogP contribution in [0, 0.1) is 0 Å². The molecule has 0 aromatic carbocycles. The first-order valence-corrected chi connectivity index (χ1v) is 8.66. The molecule has 2 aliphatic rings. The normalized spacial score (nSPS) is 25.0. The number of H-pyrrole nitrogens is 1. The number of fused-ring (bicyclic) bond motifs is 2. The molecule has 26 heavy (non-hydrogen) atoms. The van der Waals surface area contributed by atoms with E-state index in [1.807, 2.05) is 6.07 Å². The zero-order valence-electron chi connectivity index (χ0n) is 13.9. The second-order valence-corrected chi connectivity index (χ2v) is 6.80. The molecule has 134 valence electrons. The van der Waals surface area contributed by atoms with Gasteiger partial charge in [0.15, 0.2) is 11.5 Å². The number of rotatable bonds is 3. The maximum Gasteiger partial charge on any atom is 0.298 e. The van der Waals surface area contributed by atoms with Crippen LogP contribution in [-0.4, -0.2) is 58.0 Å². The summed E-state index contributed by atoms with van der Waals surface area (Å²) in [6, 6.07) is 2.39. The number of aliphatic hydroxyl groups is 1. The fourth-order valence-electron chi connectivity index (χ4n) is 4.15. The van der Waals surface area contributed by atoms with Crippen molar-refractivity contribution in [2.45, 2.75) is 43.9 Å². The molecule has 2 aliphatic heterocycles. The Hall–Kier alpha value is -3.01. The molecule has 2 fully saturated rings. The molecule has 5 rings (SSSR count). The summed E-state index contributed by atoms with van der Waals surface area (Å²) in [5.74, 6) is 1.26. The number of nitrogens with one attached hydrogen (secondary N) is 1. The SMILES string of the molecule is O=c1c(-n2ccnn2)c[nH]n1-c1cc(N2[C@@H]3CC[C@H]2C[C@@H](O)C3)ncn1. The Bertz CT molecular complexity index is 964. The van der Waals surface area contributed by atoms with Crippen molar-refractivity contribution in [3.05, 3.63) is 41.3 Å². The van der Waals surface area contributed by atoms with E-state index in [9.17, 15) is 9.90 Å². The van der Waals surface area contributed by atoms with Gasteiger partial charge in [0.2, 0.25) is 0 Å². The van der Waals surface area contributed by atoms with E-state index in [0.29, 0.717) is 11.5 Å². The van der Waals surface area contributed by atoms with Crippen LogP contribution >= 0.6 is 0 Å². The van der Waals surface area contributed by atoms with Crippen molar-refractivity contribution in [3.8, 4) is 11.5 Å². The number of aliphatic hydroxyl groups excluding tert-OH is 1. The van der Waals surface area contributed by atoms with Gasteiger partial charge >= 0.3 is 0 Å². The summed E-state index contributed by atoms with van der Waals surface area (Å²) in [6.45, 7) is 0. The Kier molecular flexibility index (Phi) is 3.38. The monoisotopic (exact) mass is 354 g/mol. The van der Waals surface area contributed by atoms with Gasteiger partial charge in [-0.3, -0.25) is 9.89 Å². The Balaban J connectivity index is 1.51. The molecule has 10 nitrogen and oxygen atoms in total. The highest BCUT2D eigenvalue weighted by atomic mass is 16.3. The number of hydrogen-bond acceptors (Lipinski definition) is 7. The summed E-state index contributed by atoms with van der Waals surface area (Å²) in [5, 5.41) is 20.5. The van der Waals surface area contributed by atoms with Crippen molar-refractivity contribution < 1.29 is 5.11 Å². The van der Waals surface area contributed by atoms with Crippen molar-refractivity contribution in [1.82, 2.24) is 34.7 Å². The van der Waals surface area contributed by atoms with E-state index in [2.05, 4.69) is 30.3 Å². The molecular formula is C16H18N8O2. The molecule has 0 spiro atoms. The number of aromatic amines is 1. The van der Waals surface area contributed by atoms with E-state index in [1.54, 1.807) is 12.4 Å². The maximum absolute atomic E-state index is 12.7. The zero-order chi connectivity index (χ0) is 17.7. The molecule has 5 heterocycles. The first kappa shape index (κ1) is 15.3. The molecule has 2 N–H and O–H groups in total. The first-order valence-electron chi connectivity index (χ1n) is 8.66. The van der Waals surface area contributed by atoms with Gasteiger partial charge in [-0.2, -0.15) is 4.68 Å². The van der Waals surface area contributed by atoms with Crippen LogP contribution in [0.1, 0.15) is 25.7 Å². The molecular weight excluding hydrogens is 336 g/mol. The molecule has 0 aliphatic carbocycles. The Morgan fingerprint density at radius 1 is 1.15 bits per heavy atom. The van der Waals surface area contributed by atoms with Gasteiger partial charge in [0.1, 0.15) is 12.1 Å². The lowest BCUT2D eigenvalue weighted by Crippen LogP contribution is -2.45. The van der Waals surface area contributed by atoms with E-state index < -0.39 is 0 Å². The molecule has 3 atom stereocenters. The molecule has 2 saturated heterocycles. The van der Waals surface area contributed by atoms with Gasteiger partial charge in [0.05, 0.1) is 24.7 Å². The van der Waals surface area contributed by atoms with Crippen molar-refractivity contribution in [2.24, 2.45) is 0 Å². The fourth-order valence-corrected chi connectivity index (χ4v) is 4.15. The number of nitrogens with zero attached hydrogens (tertiary/aromatic N) is 7. The topological polar surface area (TPSA) is 118 Å². The quantitative estimate of drug-likeness (QED) is 0.681. The van der Waals surface area contributed by atoms with Crippen LogP contribution in [-0.2, 0) is 0 Å². The lowest BCUT2D eigenvalue weighted by Gasteiger charge is -2.38. The third kappa shape index (κ3) is 2.33. The number of hydrogen-bond donors (Lipinski definition) is 2. The van der Waals surface area contributed by atoms with Crippen molar-refractivity contribution in [3.63, 3.8) is 0 Å². The van der Waals surface area contributed by atoms with Gasteiger partial charge in [0.25, 0.3) is 5.56 Å². The summed E-state index contributed by atoms with van der Waals surface area (Å²) in [4.78, 5) is 23.6. The van der Waals surface area contributed by atoms with Crippen LogP contribution in [0.25, 0.3) is 11.5 Å². The average Bonchev–Trinajstić information content (AvgIpc) is 3.34. The minimum Gasteiger partial charge on any atom is -0.393 e. The van der Waals surface area contributed by atoms with Gasteiger partial charge in [-0.05, 0) is 25.7 Å². The molecule has 0 unspecified atom stereocenters. The molecule has 10 heteroatoms. The minimum absolute atomic E-state index is 0.235. The van der Waals surface area contributed by atoms with Crippen LogP contribution in [0.5, 0.6) is 0 Å². The fraction of sp³-hybridized carbons (Fsp3) is 0.438. The van der Waals surface area contributed by atoms with Crippen LogP contribution in [0.2, 0.25) is 0 Å². The number of anilines is 1. The third-order valence-corrected chi connectivity index (χ3v) is 5.26. The smallest absolute Gasteiger partial charge is 0.298 e. The highest BCUT2D eigenvalue weighted by Crippen LogP contribution is 2.38. The first-order chi connectivity index (χ1) is 12.7. The van der Waals surface area contributed by atoms with Crippen LogP contribution in [0.4, 0.5) is 5.82 Å². The van der Waals surface area contributed by atoms with Gasteiger partial charge in [0, 0.05) is 18.2 Å². The van der Waals surface area contributed by atoms with Crippen LogP contribution < -0.4 is 10.5 Å². The van der Waals surface area contributed by atoms with Gasteiger partial charge in [-0.1, -0.05) is 5.21 Å². The second kappa shape index (κ2) is 5.77. The minimum atomic E-state index is -0.266. The molecule has 3 aromatic heterocycles. The predicted molar refractivity (Wildman–Crippen MR) is 91.4 cm³/mol. The van der Waals surface area contributed by atoms with Gasteiger partial charge in [-0.15, -0.1) is 5.10 Å². The standard InChI is InChI=1S/C16H18N8O2/c25-12-5-10-1-2-11(6-12)23(10)14-7-15(18-9-17-14)24-16(26)13(8-20-24)22-4-3-19-21-22/h3-4,7-12,20,25H,1-2,5-6H2/t10-,11+,12+. The van der Waals surface area contributed by atoms with Gasteiger partial charge in [-0.25, -0.2) is 14.6 Å². The number of piperidine rings is 1. The molecule has 0 saturated carbocycles. The maximum atomic E-state index is 12.7. The zero-order valence-corrected chi connectivity index (χ0v) is 13.9. The summed E-state index contributed by atoms with van der Waals surface area (Å²) in [5.41, 5.74) is 0.0982. The summed E-state index contributed by atoms with van der Waals surface area (Å²) in [7, 11) is 0. The lowest BCUT2D eigenvalue weighted by molar-refractivity contribution is 0.126. The Morgan fingerprint density at radius 2 is 1.92 bits per heavy atom. The van der Waals surface area contributed by atoms with Crippen LogP contribution in [0.15, 0.2) is 35.8 Å². The van der Waals surface area contributed by atoms with E-state index in [0.717, 1.165) is 31.5 Å². The number of aromatic nitrogens is 7. The van der Waals surface area contributed by atoms with E-state index in [1.165, 1.54) is 21.9 Å². The second-order valence-electron chi connectivity index (χ2n) is 6.80. The van der Waals surface area contributed by atoms with Crippen molar-refractivity contribution in [1.29, 1.82) is 0 Å². The predicted octanol–water partition coefficient (Wildman–Crippen LogP) is 0.0284. The molecule has 0 amide bonds. The largest absolute Gasteiger partial charge is 0.393 e. The highest BCUT2D eigenvalue weighted by molar-refractivity contribution is 5.47. The summed E-state index contributed by atoms with van der Waals surface area (Å²) < 4.78 is 2.77. The summed E-state index contributed by atoms with van der Waals surface area (Å²) >= 11 is 0. The van der Waals surface area contributed by atoms with Crippen molar-refractivity contribution in [2.75, 3.05) is 4.90 Å². The molecule has 2 bridgehead atoms. The van der Waals surface area contributed by atoms with E-state index in [-0.39, 0.29) is 23.7 Å².